The maximum atomic E-state index is 5.94. The number of nitrogens with zero attached hydrogens (tertiary/aromatic N) is 1. The molecule has 116 valence electrons. The van der Waals surface area contributed by atoms with E-state index in [2.05, 4.69) is 48.4 Å². The molecule has 0 aliphatic carbocycles. The van der Waals surface area contributed by atoms with Crippen LogP contribution in [0.25, 0.3) is 27.5 Å². The van der Waals surface area contributed by atoms with Gasteiger partial charge >= 0.3 is 0 Å². The molecule has 0 radical (unpaired) electrons. The van der Waals surface area contributed by atoms with Crippen molar-refractivity contribution >= 4 is 27.5 Å². The molecule has 3 heterocycles. The molecule has 2 atom stereocenters. The van der Waals surface area contributed by atoms with Gasteiger partial charge in [-0.15, -0.1) is 0 Å². The predicted molar refractivity (Wildman–Crippen MR) is 92.5 cm³/mol. The van der Waals surface area contributed by atoms with E-state index in [0.29, 0.717) is 12.1 Å². The summed E-state index contributed by atoms with van der Waals surface area (Å²) in [5.74, 6) is 0. The molecule has 2 aliphatic heterocycles. The smallest absolute Gasteiger partial charge is 0.135 e. The molecule has 1 fully saturated rings. The van der Waals surface area contributed by atoms with Gasteiger partial charge < -0.3 is 9.15 Å². The summed E-state index contributed by atoms with van der Waals surface area (Å²) in [6.07, 6.45) is 3.42. The van der Waals surface area contributed by atoms with Crippen molar-refractivity contribution in [2.75, 3.05) is 20.3 Å². The molecule has 3 nitrogen and oxygen atoms in total. The van der Waals surface area contributed by atoms with Gasteiger partial charge in [-0.1, -0.05) is 30.3 Å². The SMILES string of the molecule is CN1C2C=C(c3ccc4oc5ccccc5c4c3)CC1COC2. The summed E-state index contributed by atoms with van der Waals surface area (Å²) in [6, 6.07) is 15.7. The summed E-state index contributed by atoms with van der Waals surface area (Å²) in [7, 11) is 2.21. The fraction of sp³-hybridized carbons (Fsp3) is 0.300. The Hall–Kier alpha value is -2.10. The van der Waals surface area contributed by atoms with Gasteiger partial charge in [0.05, 0.1) is 19.3 Å². The lowest BCUT2D eigenvalue weighted by Gasteiger charge is -2.42. The van der Waals surface area contributed by atoms with E-state index in [9.17, 15) is 0 Å². The Bertz CT molecular complexity index is 924. The second-order valence-electron chi connectivity index (χ2n) is 6.63. The first-order valence-electron chi connectivity index (χ1n) is 8.21. The monoisotopic (exact) mass is 305 g/mol. The van der Waals surface area contributed by atoms with E-state index < -0.39 is 0 Å². The van der Waals surface area contributed by atoms with Crippen LogP contribution in [0.4, 0.5) is 0 Å². The van der Waals surface area contributed by atoms with Crippen molar-refractivity contribution in [2.45, 2.75) is 18.5 Å². The molecule has 5 rings (SSSR count). The molecule has 0 N–H and O–H groups in total. The zero-order valence-corrected chi connectivity index (χ0v) is 13.2. The molecule has 0 spiro atoms. The van der Waals surface area contributed by atoms with Crippen LogP contribution in [0, 0.1) is 0 Å². The molecule has 2 bridgehead atoms. The molecule has 3 aromatic rings. The minimum atomic E-state index is 0.397. The maximum absolute atomic E-state index is 5.94. The number of rotatable bonds is 1. The summed E-state index contributed by atoms with van der Waals surface area (Å²) in [5, 5.41) is 2.40. The van der Waals surface area contributed by atoms with Gasteiger partial charge in [-0.25, -0.2) is 0 Å². The van der Waals surface area contributed by atoms with Crippen LogP contribution in [-0.4, -0.2) is 37.2 Å². The molecule has 23 heavy (non-hydrogen) atoms. The third-order valence-corrected chi connectivity index (χ3v) is 5.29. The van der Waals surface area contributed by atoms with E-state index in [1.54, 1.807) is 0 Å². The molecule has 0 saturated carbocycles. The second-order valence-corrected chi connectivity index (χ2v) is 6.63. The van der Waals surface area contributed by atoms with Gasteiger partial charge in [0.25, 0.3) is 0 Å². The molecular formula is C20H19NO2. The summed E-state index contributed by atoms with van der Waals surface area (Å²) < 4.78 is 11.6. The van der Waals surface area contributed by atoms with E-state index in [1.165, 1.54) is 21.9 Å². The molecule has 3 heteroatoms. The van der Waals surface area contributed by atoms with E-state index in [0.717, 1.165) is 30.8 Å². The first kappa shape index (κ1) is 13.3. The lowest BCUT2D eigenvalue weighted by molar-refractivity contribution is -0.0221. The topological polar surface area (TPSA) is 25.6 Å². The Labute approximate surface area is 135 Å². The van der Waals surface area contributed by atoms with Crippen molar-refractivity contribution in [1.82, 2.24) is 4.90 Å². The number of furan rings is 1. The number of ether oxygens (including phenoxy) is 1. The third kappa shape index (κ3) is 2.04. The van der Waals surface area contributed by atoms with E-state index in [-0.39, 0.29) is 0 Å². The molecule has 2 aromatic carbocycles. The Morgan fingerprint density at radius 3 is 2.78 bits per heavy atom. The normalized spacial score (nSPS) is 25.0. The van der Waals surface area contributed by atoms with Gasteiger partial charge in [0.15, 0.2) is 0 Å². The van der Waals surface area contributed by atoms with Crippen molar-refractivity contribution in [3.05, 3.63) is 54.1 Å². The number of hydrogen-bond acceptors (Lipinski definition) is 3. The zero-order chi connectivity index (χ0) is 15.4. The van der Waals surface area contributed by atoms with E-state index >= 15 is 0 Å². The highest BCUT2D eigenvalue weighted by Crippen LogP contribution is 2.35. The third-order valence-electron chi connectivity index (χ3n) is 5.29. The fourth-order valence-corrected chi connectivity index (χ4v) is 3.89. The summed E-state index contributed by atoms with van der Waals surface area (Å²) in [4.78, 5) is 2.44. The van der Waals surface area contributed by atoms with Crippen LogP contribution in [-0.2, 0) is 4.74 Å². The number of benzene rings is 2. The summed E-state index contributed by atoms with van der Waals surface area (Å²) in [6.45, 7) is 1.63. The fourth-order valence-electron chi connectivity index (χ4n) is 3.89. The van der Waals surface area contributed by atoms with Crippen LogP contribution in [0.1, 0.15) is 12.0 Å². The lowest BCUT2D eigenvalue weighted by atomic mass is 9.90. The highest BCUT2D eigenvalue weighted by molar-refractivity contribution is 6.05. The standard InChI is InChI=1S/C20H19NO2/c1-21-15-8-14(9-16(21)12-22-11-15)13-6-7-20-18(10-13)17-4-2-3-5-19(17)23-20/h2-8,10,15-16H,9,11-12H2,1H3. The first-order chi connectivity index (χ1) is 11.3. The van der Waals surface area contributed by atoms with Gasteiger partial charge in [-0.05, 0) is 42.8 Å². The van der Waals surface area contributed by atoms with E-state index in [4.69, 9.17) is 9.15 Å². The quantitative estimate of drug-likeness (QED) is 0.677. The van der Waals surface area contributed by atoms with Crippen LogP contribution in [0.5, 0.6) is 0 Å². The predicted octanol–water partition coefficient (Wildman–Crippen LogP) is 4.07. The van der Waals surface area contributed by atoms with Crippen LogP contribution in [0.2, 0.25) is 0 Å². The highest BCUT2D eigenvalue weighted by atomic mass is 16.5. The number of para-hydroxylation sites is 1. The summed E-state index contributed by atoms with van der Waals surface area (Å²) >= 11 is 0. The zero-order valence-electron chi connectivity index (χ0n) is 13.2. The average Bonchev–Trinajstić information content (AvgIpc) is 2.92. The first-order valence-corrected chi connectivity index (χ1v) is 8.21. The van der Waals surface area contributed by atoms with Crippen molar-refractivity contribution in [1.29, 1.82) is 0 Å². The summed E-state index contributed by atoms with van der Waals surface area (Å²) in [5.41, 5.74) is 4.68. The van der Waals surface area contributed by atoms with Crippen molar-refractivity contribution < 1.29 is 9.15 Å². The number of fused-ring (bicyclic) bond motifs is 5. The minimum absolute atomic E-state index is 0.397. The molecule has 2 aliphatic rings. The largest absolute Gasteiger partial charge is 0.456 e. The lowest BCUT2D eigenvalue weighted by Crippen LogP contribution is -2.51. The maximum Gasteiger partial charge on any atom is 0.135 e. The van der Waals surface area contributed by atoms with Crippen LogP contribution >= 0.6 is 0 Å². The number of morpholine rings is 1. The van der Waals surface area contributed by atoms with Crippen molar-refractivity contribution in [3.63, 3.8) is 0 Å². The van der Waals surface area contributed by atoms with Gasteiger partial charge in [-0.2, -0.15) is 0 Å². The molecular weight excluding hydrogens is 286 g/mol. The van der Waals surface area contributed by atoms with Gasteiger partial charge in [0.1, 0.15) is 11.2 Å². The second kappa shape index (κ2) is 4.95. The Morgan fingerprint density at radius 2 is 1.87 bits per heavy atom. The van der Waals surface area contributed by atoms with Crippen molar-refractivity contribution in [3.8, 4) is 0 Å². The van der Waals surface area contributed by atoms with Crippen LogP contribution < -0.4 is 0 Å². The Balaban J connectivity index is 1.64. The van der Waals surface area contributed by atoms with Gasteiger partial charge in [-0.3, -0.25) is 4.90 Å². The molecule has 0 amide bonds. The molecule has 1 aromatic heterocycles. The van der Waals surface area contributed by atoms with Gasteiger partial charge in [0.2, 0.25) is 0 Å². The number of likely N-dealkylation sites (N-methyl/N-ethyl adjacent to an activating group) is 1. The van der Waals surface area contributed by atoms with Crippen molar-refractivity contribution in [2.24, 2.45) is 0 Å². The van der Waals surface area contributed by atoms with Crippen LogP contribution in [0.3, 0.4) is 0 Å². The van der Waals surface area contributed by atoms with Gasteiger partial charge in [0, 0.05) is 16.8 Å². The minimum Gasteiger partial charge on any atom is -0.456 e. The van der Waals surface area contributed by atoms with E-state index in [1.807, 2.05) is 12.1 Å². The average molecular weight is 305 g/mol. The molecule has 2 unspecified atom stereocenters. The number of hydrogen-bond donors (Lipinski definition) is 0. The Kier molecular flexibility index (Phi) is 2.87. The molecule has 1 saturated heterocycles. The van der Waals surface area contributed by atoms with Crippen LogP contribution in [0.15, 0.2) is 53.0 Å². The Morgan fingerprint density at radius 1 is 1.00 bits per heavy atom. The highest BCUT2D eigenvalue weighted by Gasteiger charge is 2.32.